The minimum atomic E-state index is -1.13. The van der Waals surface area contributed by atoms with Crippen LogP contribution in [0, 0.1) is 0 Å². The lowest BCUT2D eigenvalue weighted by atomic mass is 10.3. The van der Waals surface area contributed by atoms with Gasteiger partial charge in [0.15, 0.2) is 4.90 Å². The molecule has 0 fully saturated rings. The molecule has 0 aliphatic carbocycles. The average molecular weight is 316 g/mol. The molecule has 0 saturated carbocycles. The summed E-state index contributed by atoms with van der Waals surface area (Å²) >= 11 is 3.85. The molecule has 0 aliphatic rings. The van der Waals surface area contributed by atoms with Crippen LogP contribution in [-0.2, 0) is 20.4 Å². The Kier molecular flexibility index (Phi) is 7.32. The molecule has 0 saturated heterocycles. The molecule has 0 radical (unpaired) electrons. The predicted molar refractivity (Wildman–Crippen MR) is 82.6 cm³/mol. The second kappa shape index (κ2) is 8.76. The normalized spacial score (nSPS) is 13.3. The Morgan fingerprint density at radius 1 is 1.40 bits per heavy atom. The molecular formula is C13H18NO4S2+. The van der Waals surface area contributed by atoms with E-state index in [1.807, 2.05) is 30.3 Å². The van der Waals surface area contributed by atoms with E-state index >= 15 is 0 Å². The maximum Gasteiger partial charge on any atom is 0.408 e. The molecule has 2 N–H and O–H groups in total. The fraction of sp³-hybridized carbons (Fsp3) is 0.385. The number of ether oxygens (including phenoxy) is 1. The van der Waals surface area contributed by atoms with E-state index < -0.39 is 18.1 Å². The Morgan fingerprint density at radius 2 is 2.05 bits per heavy atom. The summed E-state index contributed by atoms with van der Waals surface area (Å²) in [7, 11) is -0.00950. The van der Waals surface area contributed by atoms with Gasteiger partial charge in [-0.25, -0.2) is 9.59 Å². The zero-order chi connectivity index (χ0) is 15.0. The Hall–Kier alpha value is -1.34. The van der Waals surface area contributed by atoms with E-state index in [0.717, 1.165) is 0 Å². The van der Waals surface area contributed by atoms with Crippen LogP contribution in [0.5, 0.6) is 0 Å². The van der Waals surface area contributed by atoms with Crippen LogP contribution in [0.2, 0.25) is 0 Å². The van der Waals surface area contributed by atoms with Gasteiger partial charge in [0.1, 0.15) is 24.7 Å². The summed E-state index contributed by atoms with van der Waals surface area (Å²) in [6.07, 6.45) is 1.35. The molecule has 0 spiro atoms. The van der Waals surface area contributed by atoms with Crippen LogP contribution in [-0.4, -0.2) is 47.6 Å². The number of carboxylic acid groups (broad SMARTS) is 1. The van der Waals surface area contributed by atoms with Crippen molar-refractivity contribution in [1.82, 2.24) is 5.32 Å². The van der Waals surface area contributed by atoms with Crippen molar-refractivity contribution in [2.75, 3.05) is 24.4 Å². The number of amides is 1. The van der Waals surface area contributed by atoms with E-state index in [9.17, 15) is 9.59 Å². The van der Waals surface area contributed by atoms with Crippen molar-refractivity contribution < 1.29 is 19.4 Å². The minimum absolute atomic E-state index is 0.00950. The highest BCUT2D eigenvalue weighted by atomic mass is 32.2. The Bertz CT molecular complexity index is 441. The topological polar surface area (TPSA) is 75.6 Å². The highest BCUT2D eigenvalue weighted by Crippen LogP contribution is 2.10. The van der Waals surface area contributed by atoms with Crippen molar-refractivity contribution in [3.8, 4) is 0 Å². The van der Waals surface area contributed by atoms with Gasteiger partial charge in [-0.2, -0.15) is 12.6 Å². The van der Waals surface area contributed by atoms with Crippen molar-refractivity contribution in [2.24, 2.45) is 0 Å². The number of alkyl carbamates (subject to hydrolysis) is 1. The zero-order valence-electron chi connectivity index (χ0n) is 11.1. The monoisotopic (exact) mass is 316 g/mol. The Morgan fingerprint density at radius 3 is 2.60 bits per heavy atom. The lowest BCUT2D eigenvalue weighted by molar-refractivity contribution is -0.138. The van der Waals surface area contributed by atoms with Crippen LogP contribution >= 0.6 is 12.6 Å². The number of carboxylic acids is 1. The van der Waals surface area contributed by atoms with E-state index in [2.05, 4.69) is 24.2 Å². The molecule has 20 heavy (non-hydrogen) atoms. The van der Waals surface area contributed by atoms with Crippen LogP contribution in [0.15, 0.2) is 35.2 Å². The van der Waals surface area contributed by atoms with Gasteiger partial charge < -0.3 is 15.2 Å². The van der Waals surface area contributed by atoms with Crippen molar-refractivity contribution in [3.05, 3.63) is 30.3 Å². The number of benzene rings is 1. The lowest BCUT2D eigenvalue weighted by Crippen LogP contribution is -2.42. The molecule has 1 unspecified atom stereocenters. The quantitative estimate of drug-likeness (QED) is 0.525. The van der Waals surface area contributed by atoms with Gasteiger partial charge in [0.05, 0.1) is 0 Å². The van der Waals surface area contributed by atoms with Gasteiger partial charge in [-0.05, 0) is 12.1 Å². The summed E-state index contributed by atoms with van der Waals surface area (Å²) < 4.78 is 4.98. The molecule has 5 nitrogen and oxygen atoms in total. The molecule has 0 aliphatic heterocycles. The third-order valence-electron chi connectivity index (χ3n) is 2.54. The number of aliphatic carboxylic acids is 1. The number of rotatable bonds is 7. The zero-order valence-corrected chi connectivity index (χ0v) is 12.8. The number of thiol groups is 1. The molecule has 1 aromatic carbocycles. The van der Waals surface area contributed by atoms with Gasteiger partial charge in [0.25, 0.3) is 0 Å². The molecule has 1 amide bonds. The average Bonchev–Trinajstić information content (AvgIpc) is 2.45. The summed E-state index contributed by atoms with van der Waals surface area (Å²) in [5.74, 6) is -0.403. The minimum Gasteiger partial charge on any atom is -0.480 e. The fourth-order valence-corrected chi connectivity index (χ4v) is 2.84. The van der Waals surface area contributed by atoms with Crippen LogP contribution in [0.25, 0.3) is 0 Å². The molecule has 7 heteroatoms. The fourth-order valence-electron chi connectivity index (χ4n) is 1.40. The molecule has 0 aromatic heterocycles. The van der Waals surface area contributed by atoms with E-state index in [-0.39, 0.29) is 23.3 Å². The third-order valence-corrected chi connectivity index (χ3v) is 4.76. The maximum absolute atomic E-state index is 11.4. The van der Waals surface area contributed by atoms with Crippen molar-refractivity contribution >= 4 is 35.6 Å². The summed E-state index contributed by atoms with van der Waals surface area (Å²) in [5.41, 5.74) is 0. The van der Waals surface area contributed by atoms with Gasteiger partial charge in [-0.3, -0.25) is 0 Å². The maximum atomic E-state index is 11.4. The van der Waals surface area contributed by atoms with Gasteiger partial charge >= 0.3 is 12.1 Å². The predicted octanol–water partition coefficient (Wildman–Crippen LogP) is 1.40. The Balaban J connectivity index is 2.30. The highest BCUT2D eigenvalue weighted by Gasteiger charge is 2.20. The smallest absolute Gasteiger partial charge is 0.408 e. The third kappa shape index (κ3) is 5.75. The lowest BCUT2D eigenvalue weighted by Gasteiger charge is -2.11. The number of hydrogen-bond donors (Lipinski definition) is 3. The second-order valence-corrected chi connectivity index (χ2v) is 6.53. The second-order valence-electron chi connectivity index (χ2n) is 4.01. The summed E-state index contributed by atoms with van der Waals surface area (Å²) in [4.78, 5) is 23.3. The highest BCUT2D eigenvalue weighted by molar-refractivity contribution is 7.96. The first kappa shape index (κ1) is 16.7. The molecule has 0 heterocycles. The van der Waals surface area contributed by atoms with E-state index in [1.165, 1.54) is 4.90 Å². The SMILES string of the molecule is C[S+](CCOC(=O)N[C@@H](CS)C(=O)O)c1ccccc1. The van der Waals surface area contributed by atoms with E-state index in [1.54, 1.807) is 0 Å². The van der Waals surface area contributed by atoms with E-state index in [0.29, 0.717) is 5.75 Å². The van der Waals surface area contributed by atoms with Gasteiger partial charge in [0, 0.05) is 16.6 Å². The summed E-state index contributed by atoms with van der Waals surface area (Å²) in [6, 6.07) is 8.93. The number of nitrogens with one attached hydrogen (secondary N) is 1. The number of carbonyl (C=O) groups excluding carboxylic acids is 1. The van der Waals surface area contributed by atoms with Gasteiger partial charge in [-0.15, -0.1) is 0 Å². The van der Waals surface area contributed by atoms with Crippen LogP contribution in [0.3, 0.4) is 0 Å². The van der Waals surface area contributed by atoms with Crippen molar-refractivity contribution in [2.45, 2.75) is 10.9 Å². The number of carbonyl (C=O) groups is 2. The molecule has 2 atom stereocenters. The first-order valence-corrected chi connectivity index (χ1v) is 8.42. The molecule has 110 valence electrons. The first-order chi connectivity index (χ1) is 9.54. The summed E-state index contributed by atoms with van der Waals surface area (Å²) in [5, 5.41) is 11.0. The molecule has 0 bridgehead atoms. The van der Waals surface area contributed by atoms with Crippen molar-refractivity contribution in [1.29, 1.82) is 0 Å². The van der Waals surface area contributed by atoms with Gasteiger partial charge in [-0.1, -0.05) is 18.2 Å². The molecule has 1 aromatic rings. The van der Waals surface area contributed by atoms with Crippen molar-refractivity contribution in [3.63, 3.8) is 0 Å². The Labute approximate surface area is 126 Å². The van der Waals surface area contributed by atoms with Gasteiger partial charge in [0.2, 0.25) is 0 Å². The largest absolute Gasteiger partial charge is 0.480 e. The summed E-state index contributed by atoms with van der Waals surface area (Å²) in [6.45, 7) is 0.249. The van der Waals surface area contributed by atoms with Crippen LogP contribution < -0.4 is 5.32 Å². The van der Waals surface area contributed by atoms with Crippen LogP contribution in [0.4, 0.5) is 4.79 Å². The first-order valence-electron chi connectivity index (χ1n) is 5.99. The molecule has 1 rings (SSSR count). The molecular weight excluding hydrogens is 298 g/mol. The standard InChI is InChI=1S/C13H17NO4S2/c1-20(10-5-3-2-4-6-10)8-7-18-13(17)14-11(9-19)12(15)16/h2-6,11H,7-9H2,1H3,(H2-,14,15,16,17,19)/p+1/t11-,20?/m0/s1. The van der Waals surface area contributed by atoms with Crippen LogP contribution in [0.1, 0.15) is 0 Å². The number of hydrogen-bond acceptors (Lipinski definition) is 4. The van der Waals surface area contributed by atoms with E-state index in [4.69, 9.17) is 9.84 Å².